The summed E-state index contributed by atoms with van der Waals surface area (Å²) in [4.78, 5) is 6.58. The highest BCUT2D eigenvalue weighted by Gasteiger charge is 2.29. The number of aromatic nitrogens is 1. The minimum absolute atomic E-state index is 0.279. The first kappa shape index (κ1) is 16.6. The monoisotopic (exact) mass is 339 g/mol. The Morgan fingerprint density at radius 2 is 1.74 bits per heavy atom. The van der Waals surface area contributed by atoms with Crippen LogP contribution in [0.15, 0.2) is 23.4 Å². The maximum absolute atomic E-state index is 12.9. The summed E-state index contributed by atoms with van der Waals surface area (Å²) in [5.74, 6) is 0. The van der Waals surface area contributed by atoms with Crippen LogP contribution in [-0.4, -0.2) is 73.9 Å². The second-order valence-electron chi connectivity index (χ2n) is 6.24. The van der Waals surface area contributed by atoms with Crippen molar-refractivity contribution >= 4 is 15.7 Å². The van der Waals surface area contributed by atoms with Crippen LogP contribution >= 0.6 is 0 Å². The van der Waals surface area contributed by atoms with Crippen LogP contribution in [0.3, 0.4) is 0 Å². The fourth-order valence-corrected chi connectivity index (χ4v) is 4.61. The molecule has 0 amide bonds. The van der Waals surface area contributed by atoms with Crippen molar-refractivity contribution in [2.45, 2.75) is 24.2 Å². The quantitative estimate of drug-likeness (QED) is 0.876. The number of anilines is 1. The zero-order valence-corrected chi connectivity index (χ0v) is 14.4. The molecule has 2 saturated heterocycles. The van der Waals surface area contributed by atoms with Crippen molar-refractivity contribution < 1.29 is 8.42 Å². The lowest BCUT2D eigenvalue weighted by molar-refractivity contribution is 0.178. The van der Waals surface area contributed by atoms with E-state index in [0.29, 0.717) is 18.8 Å². The van der Waals surface area contributed by atoms with E-state index in [1.54, 1.807) is 16.6 Å². The van der Waals surface area contributed by atoms with Crippen molar-refractivity contribution in [3.63, 3.8) is 0 Å². The number of piperazine rings is 1. The first-order valence-corrected chi connectivity index (χ1v) is 9.66. The van der Waals surface area contributed by atoms with Crippen LogP contribution in [0, 0.1) is 0 Å². The number of pyridine rings is 1. The topological polar surface area (TPSA) is 68.8 Å². The normalized spacial score (nSPS) is 22.1. The summed E-state index contributed by atoms with van der Waals surface area (Å²) in [5, 5.41) is 2.07. The van der Waals surface area contributed by atoms with E-state index in [1.807, 2.05) is 0 Å². The Labute approximate surface area is 138 Å². The van der Waals surface area contributed by atoms with Crippen LogP contribution in [0.1, 0.15) is 19.3 Å². The third-order valence-corrected chi connectivity index (χ3v) is 6.43. The van der Waals surface area contributed by atoms with Crippen LogP contribution in [0.4, 0.5) is 5.69 Å². The summed E-state index contributed by atoms with van der Waals surface area (Å²) in [7, 11) is -1.39. The minimum Gasteiger partial charge on any atom is -0.317 e. The van der Waals surface area contributed by atoms with Gasteiger partial charge in [-0.3, -0.25) is 4.98 Å². The Morgan fingerprint density at radius 1 is 1.04 bits per heavy atom. The number of likely N-dealkylation sites (N-methyl/N-ethyl adjacent to an activating group) is 1. The Hall–Kier alpha value is -1.22. The zero-order valence-electron chi connectivity index (χ0n) is 13.6. The number of sulfonamides is 1. The largest absolute Gasteiger partial charge is 0.317 e. The first-order chi connectivity index (χ1) is 11.1. The number of hydrazine groups is 1. The third kappa shape index (κ3) is 3.82. The maximum Gasteiger partial charge on any atom is 0.246 e. The second-order valence-corrected chi connectivity index (χ2v) is 8.15. The van der Waals surface area contributed by atoms with Gasteiger partial charge in [0.1, 0.15) is 4.90 Å². The van der Waals surface area contributed by atoms with E-state index in [4.69, 9.17) is 0 Å². The van der Waals surface area contributed by atoms with E-state index < -0.39 is 10.0 Å². The maximum atomic E-state index is 12.9. The van der Waals surface area contributed by atoms with Gasteiger partial charge in [-0.05, 0) is 26.0 Å². The average Bonchev–Trinajstić information content (AvgIpc) is 2.58. The lowest BCUT2D eigenvalue weighted by Crippen LogP contribution is -2.47. The highest BCUT2D eigenvalue weighted by atomic mass is 32.2. The van der Waals surface area contributed by atoms with E-state index in [2.05, 4.69) is 27.4 Å². The van der Waals surface area contributed by atoms with Crippen LogP contribution in [0.2, 0.25) is 0 Å². The van der Waals surface area contributed by atoms with Gasteiger partial charge in [0.25, 0.3) is 0 Å². The first-order valence-electron chi connectivity index (χ1n) is 8.22. The molecule has 2 aliphatic heterocycles. The van der Waals surface area contributed by atoms with Gasteiger partial charge in [-0.15, -0.1) is 0 Å². The summed E-state index contributed by atoms with van der Waals surface area (Å²) < 4.78 is 27.4. The molecule has 1 aromatic rings. The SMILES string of the molecule is CN1CCN(Nc2ccncc2S(=O)(=O)N2CCCCC2)CC1. The molecule has 2 fully saturated rings. The number of hydrogen-bond acceptors (Lipinski definition) is 6. The molecule has 1 N–H and O–H groups in total. The molecule has 3 heterocycles. The van der Waals surface area contributed by atoms with Crippen molar-refractivity contribution in [1.29, 1.82) is 0 Å². The molecule has 0 unspecified atom stereocenters. The van der Waals surface area contributed by atoms with Crippen molar-refractivity contribution in [2.75, 3.05) is 51.7 Å². The molecule has 7 nitrogen and oxygen atoms in total. The average molecular weight is 339 g/mol. The van der Waals surface area contributed by atoms with Crippen LogP contribution in [0.25, 0.3) is 0 Å². The molecule has 23 heavy (non-hydrogen) atoms. The standard InChI is InChI=1S/C15H25N5O2S/c1-18-9-11-19(12-10-18)17-14-5-6-16-13-15(14)23(21,22)20-7-3-2-4-8-20/h5-6,13H,2-4,7-12H2,1H3,(H,16,17). The summed E-state index contributed by atoms with van der Waals surface area (Å²) in [6.07, 6.45) is 6.06. The predicted molar refractivity (Wildman–Crippen MR) is 89.5 cm³/mol. The molecule has 1 aromatic heterocycles. The second kappa shape index (κ2) is 7.12. The van der Waals surface area contributed by atoms with E-state index >= 15 is 0 Å². The molecule has 0 spiro atoms. The number of rotatable bonds is 4. The molecule has 2 aliphatic rings. The van der Waals surface area contributed by atoms with Crippen molar-refractivity contribution in [3.8, 4) is 0 Å². The molecule has 3 rings (SSSR count). The van der Waals surface area contributed by atoms with E-state index in [0.717, 1.165) is 45.4 Å². The molecular formula is C15H25N5O2S. The minimum atomic E-state index is -3.48. The Morgan fingerprint density at radius 3 is 2.43 bits per heavy atom. The van der Waals surface area contributed by atoms with Crippen molar-refractivity contribution in [1.82, 2.24) is 19.2 Å². The molecule has 0 radical (unpaired) electrons. The van der Waals surface area contributed by atoms with Crippen molar-refractivity contribution in [3.05, 3.63) is 18.5 Å². The Bertz CT molecular complexity index is 623. The zero-order chi connectivity index (χ0) is 16.3. The smallest absolute Gasteiger partial charge is 0.246 e. The number of piperidine rings is 1. The molecule has 128 valence electrons. The fraction of sp³-hybridized carbons (Fsp3) is 0.667. The van der Waals surface area contributed by atoms with E-state index in [9.17, 15) is 8.42 Å². The van der Waals surface area contributed by atoms with Gasteiger partial charge in [0.2, 0.25) is 10.0 Å². The highest BCUT2D eigenvalue weighted by molar-refractivity contribution is 7.89. The molecule has 8 heteroatoms. The number of nitrogens with zero attached hydrogens (tertiary/aromatic N) is 4. The molecule has 0 bridgehead atoms. The summed E-state index contributed by atoms with van der Waals surface area (Å²) in [6, 6.07) is 1.75. The predicted octanol–water partition coefficient (Wildman–Crippen LogP) is 0.831. The number of nitrogens with one attached hydrogen (secondary N) is 1. The molecule has 0 atom stereocenters. The molecule has 0 aromatic carbocycles. The molecular weight excluding hydrogens is 314 g/mol. The van der Waals surface area contributed by atoms with Crippen LogP contribution < -0.4 is 5.43 Å². The summed E-state index contributed by atoms with van der Waals surface area (Å²) in [6.45, 7) is 4.86. The van der Waals surface area contributed by atoms with Gasteiger partial charge in [0.15, 0.2) is 0 Å². The van der Waals surface area contributed by atoms with Crippen LogP contribution in [0.5, 0.6) is 0 Å². The van der Waals surface area contributed by atoms with Crippen LogP contribution in [-0.2, 0) is 10.0 Å². The van der Waals surface area contributed by atoms with Gasteiger partial charge in [-0.2, -0.15) is 4.31 Å². The Balaban J connectivity index is 1.79. The summed E-state index contributed by atoms with van der Waals surface area (Å²) in [5.41, 5.74) is 3.90. The van der Waals surface area contributed by atoms with Gasteiger partial charge >= 0.3 is 0 Å². The fourth-order valence-electron chi connectivity index (χ4n) is 3.01. The third-order valence-electron chi connectivity index (χ3n) is 4.50. The van der Waals surface area contributed by atoms with Gasteiger partial charge in [0.05, 0.1) is 5.69 Å². The number of hydrogen-bond donors (Lipinski definition) is 1. The molecule has 0 saturated carbocycles. The lowest BCUT2D eigenvalue weighted by Gasteiger charge is -2.34. The van der Waals surface area contributed by atoms with Crippen molar-refractivity contribution in [2.24, 2.45) is 0 Å². The Kier molecular flexibility index (Phi) is 5.15. The lowest BCUT2D eigenvalue weighted by atomic mass is 10.2. The van der Waals surface area contributed by atoms with E-state index in [-0.39, 0.29) is 4.90 Å². The van der Waals surface area contributed by atoms with Gasteiger partial charge in [-0.25, -0.2) is 13.4 Å². The molecule has 0 aliphatic carbocycles. The van der Waals surface area contributed by atoms with Gasteiger partial charge < -0.3 is 10.3 Å². The van der Waals surface area contributed by atoms with E-state index in [1.165, 1.54) is 6.20 Å². The van der Waals surface area contributed by atoms with Gasteiger partial charge in [0, 0.05) is 51.7 Å². The highest BCUT2D eigenvalue weighted by Crippen LogP contribution is 2.26. The van der Waals surface area contributed by atoms with Gasteiger partial charge in [-0.1, -0.05) is 6.42 Å². The summed E-state index contributed by atoms with van der Waals surface area (Å²) >= 11 is 0.